The van der Waals surface area contributed by atoms with Crippen molar-refractivity contribution < 1.29 is 4.79 Å². The maximum absolute atomic E-state index is 12.2. The molecule has 0 saturated carbocycles. The van der Waals surface area contributed by atoms with Crippen molar-refractivity contribution in [3.05, 3.63) is 128 Å². The fourth-order valence-electron chi connectivity index (χ4n) is 3.99. The van der Waals surface area contributed by atoms with Crippen molar-refractivity contribution in [1.82, 2.24) is 14.7 Å². The Morgan fingerprint density at radius 2 is 1.68 bits per heavy atom. The molecule has 2 aromatic heterocycles. The highest BCUT2D eigenvalue weighted by atomic mass is 79.9. The molecular formula is C30H23BrCl2N4O. The van der Waals surface area contributed by atoms with E-state index in [2.05, 4.69) is 38.7 Å². The molecule has 190 valence electrons. The lowest BCUT2D eigenvalue weighted by atomic mass is 10.1. The van der Waals surface area contributed by atoms with Crippen molar-refractivity contribution in [2.24, 2.45) is 0 Å². The molecule has 5 nitrogen and oxygen atoms in total. The molecule has 5 rings (SSSR count). The number of hydrogen-bond donors (Lipinski definition) is 2. The lowest BCUT2D eigenvalue weighted by molar-refractivity contribution is -0.116. The van der Waals surface area contributed by atoms with Crippen LogP contribution in [0.3, 0.4) is 0 Å². The lowest BCUT2D eigenvalue weighted by Crippen LogP contribution is -2.20. The second kappa shape index (κ2) is 11.9. The molecular weight excluding hydrogens is 583 g/mol. The van der Waals surface area contributed by atoms with E-state index in [1.807, 2.05) is 77.3 Å². The minimum absolute atomic E-state index is 0.162. The van der Waals surface area contributed by atoms with Crippen LogP contribution in [0, 0.1) is 0 Å². The van der Waals surface area contributed by atoms with Gasteiger partial charge in [-0.2, -0.15) is 0 Å². The molecule has 0 aliphatic heterocycles. The van der Waals surface area contributed by atoms with Crippen LogP contribution < -0.4 is 10.6 Å². The van der Waals surface area contributed by atoms with Gasteiger partial charge in [0.2, 0.25) is 5.91 Å². The number of carbonyl (C=O) groups excluding carboxylic acids is 1. The van der Waals surface area contributed by atoms with Crippen molar-refractivity contribution in [3.63, 3.8) is 0 Å². The van der Waals surface area contributed by atoms with Gasteiger partial charge in [0.1, 0.15) is 5.82 Å². The quantitative estimate of drug-likeness (QED) is 0.176. The van der Waals surface area contributed by atoms with E-state index >= 15 is 0 Å². The van der Waals surface area contributed by atoms with Gasteiger partial charge in [-0.05, 0) is 63.0 Å². The zero-order chi connectivity index (χ0) is 26.5. The number of nitrogens with one attached hydrogen (secondary N) is 2. The zero-order valence-electron chi connectivity index (χ0n) is 20.2. The van der Waals surface area contributed by atoms with E-state index in [0.29, 0.717) is 23.1 Å². The maximum Gasteiger partial charge on any atom is 0.244 e. The van der Waals surface area contributed by atoms with Gasteiger partial charge in [0.05, 0.1) is 10.2 Å². The SMILES string of the molecule is O=C(/C=C/c1cccc(Cl)c1)NCc1ccc(CNc2cc(-c3ccccc3Cl)nc3c(Br)ccn23)cc1. The minimum Gasteiger partial charge on any atom is -0.367 e. The van der Waals surface area contributed by atoms with Crippen molar-refractivity contribution in [2.45, 2.75) is 13.1 Å². The van der Waals surface area contributed by atoms with Gasteiger partial charge in [0.25, 0.3) is 0 Å². The summed E-state index contributed by atoms with van der Waals surface area (Å²) in [5.74, 6) is 0.739. The summed E-state index contributed by atoms with van der Waals surface area (Å²) >= 11 is 16.0. The fourth-order valence-corrected chi connectivity index (χ4v) is 4.82. The van der Waals surface area contributed by atoms with Crippen molar-refractivity contribution in [1.29, 1.82) is 0 Å². The molecule has 0 aliphatic carbocycles. The Hall–Kier alpha value is -3.58. The first kappa shape index (κ1) is 26.0. The van der Waals surface area contributed by atoms with Gasteiger partial charge in [-0.1, -0.05) is 77.8 Å². The summed E-state index contributed by atoms with van der Waals surface area (Å²) in [6.45, 7) is 1.06. The summed E-state index contributed by atoms with van der Waals surface area (Å²) in [5.41, 5.74) is 5.47. The molecule has 0 spiro atoms. The van der Waals surface area contributed by atoms with Gasteiger partial charge in [0.15, 0.2) is 5.65 Å². The fraction of sp³-hybridized carbons (Fsp3) is 0.0667. The molecule has 0 radical (unpaired) electrons. The van der Waals surface area contributed by atoms with Gasteiger partial charge >= 0.3 is 0 Å². The molecule has 8 heteroatoms. The maximum atomic E-state index is 12.2. The van der Waals surface area contributed by atoms with Crippen LogP contribution in [0.25, 0.3) is 23.0 Å². The summed E-state index contributed by atoms with van der Waals surface area (Å²) in [7, 11) is 0. The predicted molar refractivity (Wildman–Crippen MR) is 159 cm³/mol. The Morgan fingerprint density at radius 3 is 2.45 bits per heavy atom. The molecule has 0 atom stereocenters. The van der Waals surface area contributed by atoms with E-state index in [0.717, 1.165) is 43.9 Å². The first-order valence-corrected chi connectivity index (χ1v) is 13.5. The zero-order valence-corrected chi connectivity index (χ0v) is 23.3. The highest BCUT2D eigenvalue weighted by molar-refractivity contribution is 9.10. The molecule has 0 aliphatic rings. The Bertz CT molecular complexity index is 1630. The van der Waals surface area contributed by atoms with Crippen LogP contribution in [0.4, 0.5) is 5.82 Å². The van der Waals surface area contributed by atoms with Crippen LogP contribution >= 0.6 is 39.1 Å². The number of hydrogen-bond acceptors (Lipinski definition) is 3. The Labute approximate surface area is 239 Å². The highest BCUT2D eigenvalue weighted by Crippen LogP contribution is 2.31. The summed E-state index contributed by atoms with van der Waals surface area (Å²) in [6.07, 6.45) is 5.22. The average molecular weight is 606 g/mol. The van der Waals surface area contributed by atoms with Gasteiger partial charge in [-0.15, -0.1) is 0 Å². The van der Waals surface area contributed by atoms with E-state index in [1.165, 1.54) is 6.08 Å². The highest BCUT2D eigenvalue weighted by Gasteiger charge is 2.12. The van der Waals surface area contributed by atoms with Crippen LogP contribution in [0.5, 0.6) is 0 Å². The molecule has 0 bridgehead atoms. The topological polar surface area (TPSA) is 58.4 Å². The molecule has 2 heterocycles. The number of rotatable bonds is 8. The first-order valence-electron chi connectivity index (χ1n) is 11.9. The molecule has 0 saturated heterocycles. The Balaban J connectivity index is 1.23. The van der Waals surface area contributed by atoms with E-state index < -0.39 is 0 Å². The summed E-state index contributed by atoms with van der Waals surface area (Å²) < 4.78 is 2.91. The van der Waals surface area contributed by atoms with E-state index in [-0.39, 0.29) is 5.91 Å². The van der Waals surface area contributed by atoms with Crippen LogP contribution in [0.1, 0.15) is 16.7 Å². The molecule has 0 fully saturated rings. The molecule has 2 N–H and O–H groups in total. The Morgan fingerprint density at radius 1 is 0.921 bits per heavy atom. The van der Waals surface area contributed by atoms with Crippen LogP contribution in [-0.2, 0) is 17.9 Å². The normalized spacial score (nSPS) is 11.2. The predicted octanol–water partition coefficient (Wildman–Crippen LogP) is 8.01. The number of benzene rings is 3. The summed E-state index contributed by atoms with van der Waals surface area (Å²) in [4.78, 5) is 17.0. The van der Waals surface area contributed by atoms with Crippen molar-refractivity contribution >= 4 is 62.6 Å². The standard InChI is InChI=1S/C30H23BrCl2N4O/c31-25-14-15-37-28(17-27(36-30(25)37)24-6-1-2-7-26(24)33)34-18-21-8-10-22(11-9-21)19-35-29(38)13-12-20-4-3-5-23(32)16-20/h1-17,34H,18-19H2,(H,35,38)/b13-12+. The van der Waals surface area contributed by atoms with Crippen LogP contribution in [-0.4, -0.2) is 15.3 Å². The number of aromatic nitrogens is 2. The van der Waals surface area contributed by atoms with E-state index in [1.54, 1.807) is 12.1 Å². The smallest absolute Gasteiger partial charge is 0.244 e. The second-order valence-electron chi connectivity index (χ2n) is 8.64. The van der Waals surface area contributed by atoms with Gasteiger partial charge in [-0.25, -0.2) is 4.98 Å². The van der Waals surface area contributed by atoms with Gasteiger partial charge < -0.3 is 10.6 Å². The largest absolute Gasteiger partial charge is 0.367 e. The third kappa shape index (κ3) is 6.27. The van der Waals surface area contributed by atoms with Gasteiger partial charge in [-0.3, -0.25) is 9.20 Å². The van der Waals surface area contributed by atoms with Crippen molar-refractivity contribution in [2.75, 3.05) is 5.32 Å². The minimum atomic E-state index is -0.162. The van der Waals surface area contributed by atoms with Crippen LogP contribution in [0.15, 0.2) is 102 Å². The molecule has 38 heavy (non-hydrogen) atoms. The summed E-state index contributed by atoms with van der Waals surface area (Å²) in [5, 5.41) is 7.72. The first-order chi connectivity index (χ1) is 18.5. The van der Waals surface area contributed by atoms with Gasteiger partial charge in [0, 0.05) is 47.0 Å². The van der Waals surface area contributed by atoms with E-state index in [4.69, 9.17) is 28.2 Å². The Kier molecular flexibility index (Phi) is 8.13. The number of fused-ring (bicyclic) bond motifs is 1. The average Bonchev–Trinajstić information content (AvgIpc) is 3.31. The number of nitrogens with zero attached hydrogens (tertiary/aromatic N) is 2. The third-order valence-corrected chi connectivity index (χ3v) is 7.14. The summed E-state index contributed by atoms with van der Waals surface area (Å²) in [6, 6.07) is 27.1. The number of carbonyl (C=O) groups is 1. The monoisotopic (exact) mass is 604 g/mol. The van der Waals surface area contributed by atoms with Crippen molar-refractivity contribution in [3.8, 4) is 11.3 Å². The number of halogens is 3. The molecule has 0 unspecified atom stereocenters. The lowest BCUT2D eigenvalue weighted by Gasteiger charge is -2.13. The number of amides is 1. The molecule has 1 amide bonds. The second-order valence-corrected chi connectivity index (χ2v) is 10.3. The van der Waals surface area contributed by atoms with E-state index in [9.17, 15) is 4.79 Å². The molecule has 3 aromatic carbocycles. The van der Waals surface area contributed by atoms with Crippen LogP contribution in [0.2, 0.25) is 10.0 Å². The number of anilines is 1. The molecule has 5 aromatic rings. The third-order valence-electron chi connectivity index (χ3n) is 5.96.